The van der Waals surface area contributed by atoms with Crippen LogP contribution in [-0.4, -0.2) is 18.0 Å². The number of fused-ring (bicyclic) bond motifs is 2. The highest BCUT2D eigenvalue weighted by Gasteiger charge is 2.14. The Hall–Kier alpha value is -2.92. The third-order valence-electron chi connectivity index (χ3n) is 3.90. The van der Waals surface area contributed by atoms with Gasteiger partial charge < -0.3 is 10.1 Å². The molecule has 0 saturated carbocycles. The molecule has 0 aliphatic heterocycles. The standard InChI is InChI=1S/C19H14N2O2S/c1-23-17-9-13-5-3-2-4-12(13)8-15(17)19(22)21-14-6-7-18-16(10-14)20-11-24-18/h2-11H,1H3,(H,21,22). The van der Waals surface area contributed by atoms with Gasteiger partial charge in [-0.1, -0.05) is 24.3 Å². The predicted octanol–water partition coefficient (Wildman–Crippen LogP) is 4.71. The minimum absolute atomic E-state index is 0.202. The van der Waals surface area contributed by atoms with E-state index in [0.717, 1.165) is 21.0 Å². The summed E-state index contributed by atoms with van der Waals surface area (Å²) in [5.41, 5.74) is 3.90. The molecule has 1 aromatic heterocycles. The number of nitrogens with one attached hydrogen (secondary N) is 1. The maximum absolute atomic E-state index is 12.7. The van der Waals surface area contributed by atoms with Gasteiger partial charge in [0.2, 0.25) is 0 Å². The van der Waals surface area contributed by atoms with Gasteiger partial charge in [0.15, 0.2) is 0 Å². The first-order valence-electron chi connectivity index (χ1n) is 7.46. The number of rotatable bonds is 3. The minimum atomic E-state index is -0.202. The van der Waals surface area contributed by atoms with Crippen LogP contribution in [0.3, 0.4) is 0 Å². The highest BCUT2D eigenvalue weighted by atomic mass is 32.1. The van der Waals surface area contributed by atoms with Crippen LogP contribution >= 0.6 is 11.3 Å². The number of thiazole rings is 1. The molecule has 4 aromatic rings. The number of anilines is 1. The molecule has 5 heteroatoms. The predicted molar refractivity (Wildman–Crippen MR) is 98.1 cm³/mol. The summed E-state index contributed by atoms with van der Waals surface area (Å²) in [5.74, 6) is 0.355. The van der Waals surface area contributed by atoms with Crippen LogP contribution in [0.4, 0.5) is 5.69 Å². The molecule has 4 rings (SSSR count). The summed E-state index contributed by atoms with van der Waals surface area (Å²) in [6, 6.07) is 17.3. The fraction of sp³-hybridized carbons (Fsp3) is 0.0526. The van der Waals surface area contributed by atoms with Crippen molar-refractivity contribution in [2.45, 2.75) is 0 Å². The molecule has 1 N–H and O–H groups in total. The zero-order valence-corrected chi connectivity index (χ0v) is 13.8. The largest absolute Gasteiger partial charge is 0.496 e. The topological polar surface area (TPSA) is 51.2 Å². The summed E-state index contributed by atoms with van der Waals surface area (Å²) in [6.07, 6.45) is 0. The van der Waals surface area contributed by atoms with E-state index in [1.54, 1.807) is 24.0 Å². The molecule has 0 saturated heterocycles. The Morgan fingerprint density at radius 3 is 2.67 bits per heavy atom. The first-order chi connectivity index (χ1) is 11.7. The van der Waals surface area contributed by atoms with Crippen LogP contribution in [-0.2, 0) is 0 Å². The van der Waals surface area contributed by atoms with Crippen molar-refractivity contribution in [3.8, 4) is 5.75 Å². The maximum atomic E-state index is 12.7. The number of methoxy groups -OCH3 is 1. The number of ether oxygens (including phenoxy) is 1. The van der Waals surface area contributed by atoms with E-state index < -0.39 is 0 Å². The monoisotopic (exact) mass is 334 g/mol. The van der Waals surface area contributed by atoms with Crippen LogP contribution in [0.5, 0.6) is 5.75 Å². The van der Waals surface area contributed by atoms with E-state index in [1.807, 2.05) is 54.6 Å². The van der Waals surface area contributed by atoms with E-state index in [4.69, 9.17) is 4.74 Å². The van der Waals surface area contributed by atoms with Gasteiger partial charge in [0.05, 0.1) is 28.4 Å². The van der Waals surface area contributed by atoms with Crippen LogP contribution in [0.2, 0.25) is 0 Å². The second-order valence-corrected chi connectivity index (χ2v) is 6.27. The molecule has 1 amide bonds. The Labute approximate surface area is 142 Å². The normalized spacial score (nSPS) is 10.9. The minimum Gasteiger partial charge on any atom is -0.496 e. The van der Waals surface area contributed by atoms with E-state index >= 15 is 0 Å². The van der Waals surface area contributed by atoms with Gasteiger partial charge in [0, 0.05) is 5.69 Å². The van der Waals surface area contributed by atoms with Gasteiger partial charge >= 0.3 is 0 Å². The summed E-state index contributed by atoms with van der Waals surface area (Å²) in [5, 5.41) is 4.96. The lowest BCUT2D eigenvalue weighted by Crippen LogP contribution is -2.13. The lowest BCUT2D eigenvalue weighted by Gasteiger charge is -2.11. The first-order valence-corrected chi connectivity index (χ1v) is 8.34. The Balaban J connectivity index is 1.71. The second-order valence-electron chi connectivity index (χ2n) is 5.39. The fourth-order valence-electron chi connectivity index (χ4n) is 2.70. The molecule has 0 aliphatic rings. The highest BCUT2D eigenvalue weighted by Crippen LogP contribution is 2.27. The molecule has 4 nitrogen and oxygen atoms in total. The summed E-state index contributed by atoms with van der Waals surface area (Å²) < 4.78 is 6.49. The van der Waals surface area contributed by atoms with Gasteiger partial charge in [0.25, 0.3) is 5.91 Å². The zero-order valence-electron chi connectivity index (χ0n) is 12.9. The van der Waals surface area contributed by atoms with Crippen molar-refractivity contribution in [3.63, 3.8) is 0 Å². The van der Waals surface area contributed by atoms with E-state index in [-0.39, 0.29) is 5.91 Å². The number of hydrogen-bond acceptors (Lipinski definition) is 4. The average molecular weight is 334 g/mol. The van der Waals surface area contributed by atoms with Crippen LogP contribution in [0.1, 0.15) is 10.4 Å². The molecule has 0 spiro atoms. The molecular formula is C19H14N2O2S. The quantitative estimate of drug-likeness (QED) is 0.590. The summed E-state index contributed by atoms with van der Waals surface area (Å²) in [4.78, 5) is 17.0. The average Bonchev–Trinajstić information content (AvgIpc) is 3.08. The van der Waals surface area contributed by atoms with E-state index in [0.29, 0.717) is 17.0 Å². The van der Waals surface area contributed by atoms with Crippen molar-refractivity contribution in [3.05, 3.63) is 65.7 Å². The van der Waals surface area contributed by atoms with Gasteiger partial charge in [-0.2, -0.15) is 0 Å². The molecule has 0 radical (unpaired) electrons. The van der Waals surface area contributed by atoms with Crippen molar-refractivity contribution >= 4 is 43.9 Å². The third-order valence-corrected chi connectivity index (χ3v) is 4.71. The molecule has 3 aromatic carbocycles. The van der Waals surface area contributed by atoms with Gasteiger partial charge in [-0.15, -0.1) is 11.3 Å². The lowest BCUT2D eigenvalue weighted by atomic mass is 10.1. The lowest BCUT2D eigenvalue weighted by molar-refractivity contribution is 0.102. The number of carbonyl (C=O) groups excluding carboxylic acids is 1. The van der Waals surface area contributed by atoms with Crippen LogP contribution in [0.25, 0.3) is 21.0 Å². The number of carbonyl (C=O) groups is 1. The van der Waals surface area contributed by atoms with E-state index in [9.17, 15) is 4.79 Å². The molecule has 1 heterocycles. The SMILES string of the molecule is COc1cc2ccccc2cc1C(=O)Nc1ccc2scnc2c1. The van der Waals surface area contributed by atoms with Gasteiger partial charge in [0.1, 0.15) is 5.75 Å². The molecule has 0 atom stereocenters. The fourth-order valence-corrected chi connectivity index (χ4v) is 3.36. The Bertz CT molecular complexity index is 1060. The van der Waals surface area contributed by atoms with Crippen LogP contribution in [0.15, 0.2) is 60.1 Å². The highest BCUT2D eigenvalue weighted by molar-refractivity contribution is 7.16. The maximum Gasteiger partial charge on any atom is 0.259 e. The second kappa shape index (κ2) is 5.94. The first kappa shape index (κ1) is 14.7. The van der Waals surface area contributed by atoms with Crippen molar-refractivity contribution in [2.75, 3.05) is 12.4 Å². The van der Waals surface area contributed by atoms with E-state index in [2.05, 4.69) is 10.3 Å². The molecule has 0 bridgehead atoms. The van der Waals surface area contributed by atoms with Gasteiger partial charge in [-0.3, -0.25) is 4.79 Å². The van der Waals surface area contributed by atoms with Crippen LogP contribution in [0, 0.1) is 0 Å². The van der Waals surface area contributed by atoms with Gasteiger partial charge in [-0.25, -0.2) is 4.98 Å². The number of hydrogen-bond donors (Lipinski definition) is 1. The third kappa shape index (κ3) is 2.59. The van der Waals surface area contributed by atoms with Gasteiger partial charge in [-0.05, 0) is 41.1 Å². The Kier molecular flexibility index (Phi) is 3.63. The van der Waals surface area contributed by atoms with Crippen molar-refractivity contribution in [1.29, 1.82) is 0 Å². The van der Waals surface area contributed by atoms with Crippen molar-refractivity contribution in [2.24, 2.45) is 0 Å². The zero-order chi connectivity index (χ0) is 16.5. The Morgan fingerprint density at radius 1 is 1.08 bits per heavy atom. The number of nitrogens with zero attached hydrogens (tertiary/aromatic N) is 1. The van der Waals surface area contributed by atoms with Crippen molar-refractivity contribution < 1.29 is 9.53 Å². The molecule has 0 unspecified atom stereocenters. The summed E-state index contributed by atoms with van der Waals surface area (Å²) in [7, 11) is 1.57. The molecule has 0 aliphatic carbocycles. The summed E-state index contributed by atoms with van der Waals surface area (Å²) >= 11 is 1.57. The van der Waals surface area contributed by atoms with Crippen LogP contribution < -0.4 is 10.1 Å². The van der Waals surface area contributed by atoms with E-state index in [1.165, 1.54) is 0 Å². The molecular weight excluding hydrogens is 320 g/mol. The molecule has 118 valence electrons. The summed E-state index contributed by atoms with van der Waals surface area (Å²) in [6.45, 7) is 0. The molecule has 24 heavy (non-hydrogen) atoms. The Morgan fingerprint density at radius 2 is 1.88 bits per heavy atom. The molecule has 0 fully saturated rings. The smallest absolute Gasteiger partial charge is 0.259 e. The van der Waals surface area contributed by atoms with Crippen molar-refractivity contribution in [1.82, 2.24) is 4.98 Å². The number of aromatic nitrogens is 1. The number of benzene rings is 3. The number of amides is 1.